The number of aliphatic imine (C=N–C) groups is 1. The summed E-state index contributed by atoms with van der Waals surface area (Å²) in [4.78, 5) is 12.9. The second-order valence-electron chi connectivity index (χ2n) is 6.50. The van der Waals surface area contributed by atoms with E-state index in [1.807, 2.05) is 25.1 Å². The fraction of sp³-hybridized carbons (Fsp3) is 0.333. The van der Waals surface area contributed by atoms with Crippen LogP contribution in [-0.4, -0.2) is 38.1 Å². The van der Waals surface area contributed by atoms with Crippen molar-refractivity contribution in [2.24, 2.45) is 4.99 Å². The van der Waals surface area contributed by atoms with Gasteiger partial charge >= 0.3 is 0 Å². The van der Waals surface area contributed by atoms with E-state index in [0.717, 1.165) is 42.2 Å². The first-order valence-electron chi connectivity index (χ1n) is 9.28. The molecule has 142 valence electrons. The minimum absolute atomic E-state index is 0.609. The molecule has 0 aliphatic rings. The molecule has 0 fully saturated rings. The van der Waals surface area contributed by atoms with E-state index in [1.165, 1.54) is 10.4 Å². The number of anilines is 1. The topological polar surface area (TPSA) is 52.6 Å². The van der Waals surface area contributed by atoms with Crippen molar-refractivity contribution in [3.63, 3.8) is 0 Å². The maximum absolute atomic E-state index is 4.80. The van der Waals surface area contributed by atoms with Gasteiger partial charge in [-0.05, 0) is 42.5 Å². The number of nitrogens with zero attached hydrogens (tertiary/aromatic N) is 3. The molecule has 1 aromatic carbocycles. The summed E-state index contributed by atoms with van der Waals surface area (Å²) >= 11 is 1.79. The maximum atomic E-state index is 4.80. The fourth-order valence-electron chi connectivity index (χ4n) is 2.86. The third-order valence-electron chi connectivity index (χ3n) is 4.24. The number of aromatic nitrogens is 1. The third-order valence-corrected chi connectivity index (χ3v) is 5.18. The van der Waals surface area contributed by atoms with E-state index in [9.17, 15) is 0 Å². The van der Waals surface area contributed by atoms with Crippen molar-refractivity contribution in [1.29, 1.82) is 0 Å². The summed E-state index contributed by atoms with van der Waals surface area (Å²) in [5.41, 5.74) is 2.18. The van der Waals surface area contributed by atoms with E-state index in [1.54, 1.807) is 11.3 Å². The van der Waals surface area contributed by atoms with E-state index in [0.29, 0.717) is 6.54 Å². The van der Waals surface area contributed by atoms with Crippen molar-refractivity contribution >= 4 is 34.0 Å². The number of thiophene rings is 1. The molecule has 0 unspecified atom stereocenters. The number of fused-ring (bicyclic) bond motifs is 1. The van der Waals surface area contributed by atoms with Gasteiger partial charge in [-0.25, -0.2) is 9.98 Å². The Balaban J connectivity index is 1.76. The average molecular weight is 382 g/mol. The highest BCUT2D eigenvalue weighted by Gasteiger charge is 2.07. The van der Waals surface area contributed by atoms with Crippen molar-refractivity contribution in [2.75, 3.05) is 32.1 Å². The van der Waals surface area contributed by atoms with Crippen LogP contribution in [0.4, 0.5) is 5.82 Å². The lowest BCUT2D eigenvalue weighted by molar-refractivity contribution is 0.805. The van der Waals surface area contributed by atoms with Gasteiger partial charge in [-0.2, -0.15) is 0 Å². The van der Waals surface area contributed by atoms with Crippen molar-refractivity contribution < 1.29 is 0 Å². The zero-order valence-corrected chi connectivity index (χ0v) is 17.0. The van der Waals surface area contributed by atoms with Crippen LogP contribution in [0, 0.1) is 0 Å². The zero-order valence-electron chi connectivity index (χ0n) is 16.2. The van der Waals surface area contributed by atoms with Crippen LogP contribution in [-0.2, 0) is 13.0 Å². The molecule has 2 N–H and O–H groups in total. The second kappa shape index (κ2) is 9.37. The summed E-state index contributed by atoms with van der Waals surface area (Å²) in [6.07, 6.45) is 1.01. The number of para-hydroxylation sites is 1. The molecular formula is C21H27N5S. The molecule has 0 radical (unpaired) electrons. The summed E-state index contributed by atoms with van der Waals surface area (Å²) in [5.74, 6) is 1.80. The molecule has 0 aliphatic carbocycles. The van der Waals surface area contributed by atoms with Gasteiger partial charge in [0, 0.05) is 37.4 Å². The predicted octanol–water partition coefficient (Wildman–Crippen LogP) is 3.66. The molecule has 0 atom stereocenters. The van der Waals surface area contributed by atoms with Gasteiger partial charge in [0.25, 0.3) is 0 Å². The number of hydrogen-bond acceptors (Lipinski definition) is 4. The van der Waals surface area contributed by atoms with Gasteiger partial charge in [-0.1, -0.05) is 24.3 Å². The van der Waals surface area contributed by atoms with Crippen LogP contribution in [0.2, 0.25) is 0 Å². The lowest BCUT2D eigenvalue weighted by Crippen LogP contribution is -2.38. The van der Waals surface area contributed by atoms with Crippen LogP contribution in [0.5, 0.6) is 0 Å². The molecule has 2 aromatic heterocycles. The Hall–Kier alpha value is -2.60. The van der Waals surface area contributed by atoms with Gasteiger partial charge < -0.3 is 15.5 Å². The smallest absolute Gasteiger partial charge is 0.191 e. The number of hydrogen-bond donors (Lipinski definition) is 2. The van der Waals surface area contributed by atoms with Crippen LogP contribution < -0.4 is 15.5 Å². The molecule has 0 aliphatic heterocycles. The number of nitrogens with one attached hydrogen (secondary N) is 2. The summed E-state index contributed by atoms with van der Waals surface area (Å²) in [6.45, 7) is 4.40. The van der Waals surface area contributed by atoms with Crippen molar-refractivity contribution in [2.45, 2.75) is 19.9 Å². The van der Waals surface area contributed by atoms with Crippen molar-refractivity contribution in [1.82, 2.24) is 15.6 Å². The SMILES string of the molecule is CCNC(=NCc1cc(N(C)C)nc2ccccc12)NCCc1cccs1. The Morgan fingerprint density at radius 2 is 2.00 bits per heavy atom. The molecule has 5 nitrogen and oxygen atoms in total. The van der Waals surface area contributed by atoms with Crippen LogP contribution in [0.3, 0.4) is 0 Å². The predicted molar refractivity (Wildman–Crippen MR) is 117 cm³/mol. The second-order valence-corrected chi connectivity index (χ2v) is 7.53. The van der Waals surface area contributed by atoms with Gasteiger partial charge in [0.05, 0.1) is 12.1 Å². The summed E-state index contributed by atoms with van der Waals surface area (Å²) < 4.78 is 0. The average Bonchev–Trinajstić information content (AvgIpc) is 3.19. The largest absolute Gasteiger partial charge is 0.363 e. The quantitative estimate of drug-likeness (QED) is 0.484. The number of benzene rings is 1. The first-order chi connectivity index (χ1) is 13.2. The number of pyridine rings is 1. The van der Waals surface area contributed by atoms with Crippen LogP contribution in [0.25, 0.3) is 10.9 Å². The Labute approximate surface area is 165 Å². The van der Waals surface area contributed by atoms with Crippen LogP contribution in [0.1, 0.15) is 17.4 Å². The monoisotopic (exact) mass is 381 g/mol. The van der Waals surface area contributed by atoms with E-state index in [2.05, 4.69) is 59.3 Å². The summed E-state index contributed by atoms with van der Waals surface area (Å²) in [7, 11) is 4.03. The summed E-state index contributed by atoms with van der Waals surface area (Å²) in [5, 5.41) is 10.0. The van der Waals surface area contributed by atoms with Crippen molar-refractivity contribution in [3.05, 3.63) is 58.3 Å². The minimum Gasteiger partial charge on any atom is -0.363 e. The van der Waals surface area contributed by atoms with Gasteiger partial charge in [0.1, 0.15) is 5.82 Å². The Morgan fingerprint density at radius 3 is 2.74 bits per heavy atom. The molecule has 2 heterocycles. The molecule has 3 aromatic rings. The number of guanidine groups is 1. The molecule has 0 saturated carbocycles. The highest BCUT2D eigenvalue weighted by atomic mass is 32.1. The molecule has 0 amide bonds. The van der Waals surface area contributed by atoms with E-state index < -0.39 is 0 Å². The molecular weight excluding hydrogens is 354 g/mol. The minimum atomic E-state index is 0.609. The fourth-order valence-corrected chi connectivity index (χ4v) is 3.57. The molecule has 0 bridgehead atoms. The Morgan fingerprint density at radius 1 is 1.15 bits per heavy atom. The van der Waals surface area contributed by atoms with Crippen molar-refractivity contribution in [3.8, 4) is 0 Å². The summed E-state index contributed by atoms with van der Waals surface area (Å²) in [6, 6.07) is 14.6. The number of rotatable bonds is 7. The standard InChI is InChI=1S/C21H27N5S/c1-4-22-21(23-12-11-17-8-7-13-27-17)24-15-16-14-20(26(2)3)25-19-10-6-5-9-18(16)19/h5-10,13-14H,4,11-12,15H2,1-3H3,(H2,22,23,24). The molecule has 0 saturated heterocycles. The van der Waals surface area contributed by atoms with Gasteiger partial charge in [-0.15, -0.1) is 11.3 Å². The van der Waals surface area contributed by atoms with Crippen LogP contribution in [0.15, 0.2) is 52.8 Å². The molecule has 6 heteroatoms. The van der Waals surface area contributed by atoms with E-state index in [4.69, 9.17) is 9.98 Å². The lowest BCUT2D eigenvalue weighted by atomic mass is 10.1. The normalized spacial score (nSPS) is 11.6. The highest BCUT2D eigenvalue weighted by molar-refractivity contribution is 7.09. The maximum Gasteiger partial charge on any atom is 0.191 e. The zero-order chi connectivity index (χ0) is 19.1. The van der Waals surface area contributed by atoms with Gasteiger partial charge in [-0.3, -0.25) is 0 Å². The van der Waals surface area contributed by atoms with Gasteiger partial charge in [0.2, 0.25) is 0 Å². The van der Waals surface area contributed by atoms with Gasteiger partial charge in [0.15, 0.2) is 5.96 Å². The molecule has 27 heavy (non-hydrogen) atoms. The Bertz CT molecular complexity index is 887. The molecule has 3 rings (SSSR count). The van der Waals surface area contributed by atoms with Crippen LogP contribution >= 0.6 is 11.3 Å². The van der Waals surface area contributed by atoms with E-state index in [-0.39, 0.29) is 0 Å². The van der Waals surface area contributed by atoms with E-state index >= 15 is 0 Å². The molecule has 0 spiro atoms. The third kappa shape index (κ3) is 5.20. The first kappa shape index (κ1) is 19.2. The lowest BCUT2D eigenvalue weighted by Gasteiger charge is -2.15. The Kier molecular flexibility index (Phi) is 6.65. The first-order valence-corrected chi connectivity index (χ1v) is 10.2. The highest BCUT2D eigenvalue weighted by Crippen LogP contribution is 2.22.